The van der Waals surface area contributed by atoms with Crippen molar-refractivity contribution >= 4 is 40.0 Å². The molecule has 0 aliphatic heterocycles. The Balaban J connectivity index is 0.00000420. The van der Waals surface area contributed by atoms with Gasteiger partial charge in [-0.1, -0.05) is 56.3 Å². The van der Waals surface area contributed by atoms with Gasteiger partial charge in [-0.05, 0) is 36.6 Å². The van der Waals surface area contributed by atoms with Crippen molar-refractivity contribution in [2.75, 3.05) is 19.6 Å². The molecule has 0 bridgehead atoms. The van der Waals surface area contributed by atoms with E-state index in [2.05, 4.69) is 36.6 Å². The molecule has 160 valence electrons. The lowest BCUT2D eigenvalue weighted by Crippen LogP contribution is -2.39. The Hall–Kier alpha value is -1.65. The molecule has 6 nitrogen and oxygen atoms in total. The molecular formula is C21H31IN4O2S. The van der Waals surface area contributed by atoms with Gasteiger partial charge in [0.2, 0.25) is 10.0 Å². The number of nitrogens with one attached hydrogen (secondary N) is 2. The molecule has 0 unspecified atom stereocenters. The van der Waals surface area contributed by atoms with Gasteiger partial charge in [-0.2, -0.15) is 0 Å². The van der Waals surface area contributed by atoms with Crippen molar-refractivity contribution in [3.05, 3.63) is 65.7 Å². The number of nitrogens with zero attached hydrogens (tertiary/aromatic N) is 1. The summed E-state index contributed by atoms with van der Waals surface area (Å²) in [7, 11) is -3.65. The van der Waals surface area contributed by atoms with Crippen molar-refractivity contribution in [3.63, 3.8) is 0 Å². The predicted octanol–water partition coefficient (Wildman–Crippen LogP) is 3.03. The normalized spacial score (nSPS) is 12.2. The number of rotatable bonds is 8. The number of benzene rings is 2. The average Bonchev–Trinajstić information content (AvgIpc) is 2.66. The van der Waals surface area contributed by atoms with Crippen LogP contribution in [-0.2, 0) is 21.9 Å². The largest absolute Gasteiger partial charge is 0.357 e. The number of sulfonamides is 1. The van der Waals surface area contributed by atoms with Gasteiger partial charge in [0.1, 0.15) is 0 Å². The van der Waals surface area contributed by atoms with Gasteiger partial charge in [0, 0.05) is 18.5 Å². The van der Waals surface area contributed by atoms with Gasteiger partial charge in [0.05, 0.1) is 11.4 Å². The molecule has 0 saturated heterocycles. The molecular weight excluding hydrogens is 499 g/mol. The molecule has 8 heteroatoms. The first-order valence-electron chi connectivity index (χ1n) is 9.42. The number of hydrogen-bond acceptors (Lipinski definition) is 3. The van der Waals surface area contributed by atoms with Crippen LogP contribution in [0, 0.1) is 0 Å². The fraction of sp³-hybridized carbons (Fsp3) is 0.381. The maximum atomic E-state index is 11.3. The summed E-state index contributed by atoms with van der Waals surface area (Å²) >= 11 is 0. The number of hydrogen-bond donors (Lipinski definition) is 3. The second kappa shape index (κ2) is 11.5. The molecule has 2 aromatic rings. The zero-order valence-corrected chi connectivity index (χ0v) is 20.3. The Morgan fingerprint density at radius 1 is 1.03 bits per heavy atom. The summed E-state index contributed by atoms with van der Waals surface area (Å²) in [6.07, 6.45) is 0.747. The van der Waals surface area contributed by atoms with E-state index in [0.29, 0.717) is 13.1 Å². The fourth-order valence-corrected chi connectivity index (χ4v) is 3.29. The van der Waals surface area contributed by atoms with E-state index in [-0.39, 0.29) is 34.3 Å². The molecule has 4 N–H and O–H groups in total. The highest BCUT2D eigenvalue weighted by Gasteiger charge is 2.20. The molecule has 2 aromatic carbocycles. The highest BCUT2D eigenvalue weighted by Crippen LogP contribution is 2.22. The van der Waals surface area contributed by atoms with Crippen molar-refractivity contribution < 1.29 is 8.42 Å². The van der Waals surface area contributed by atoms with Gasteiger partial charge >= 0.3 is 0 Å². The predicted molar refractivity (Wildman–Crippen MR) is 130 cm³/mol. The van der Waals surface area contributed by atoms with Crippen molar-refractivity contribution in [3.8, 4) is 0 Å². The van der Waals surface area contributed by atoms with Crippen molar-refractivity contribution in [1.29, 1.82) is 0 Å². The van der Waals surface area contributed by atoms with Gasteiger partial charge in [-0.15, -0.1) is 24.0 Å². The highest BCUT2D eigenvalue weighted by molar-refractivity contribution is 14.0. The van der Waals surface area contributed by atoms with Crippen LogP contribution in [0.25, 0.3) is 0 Å². The van der Waals surface area contributed by atoms with E-state index in [1.54, 1.807) is 12.1 Å². The van der Waals surface area contributed by atoms with E-state index in [0.717, 1.165) is 24.5 Å². The van der Waals surface area contributed by atoms with Crippen LogP contribution in [0.3, 0.4) is 0 Å². The van der Waals surface area contributed by atoms with E-state index < -0.39 is 10.0 Å². The SMILES string of the molecule is CCNC(=NCC(C)(C)c1ccccc1)NCCc1ccc(S(N)(=O)=O)cc1.I. The summed E-state index contributed by atoms with van der Waals surface area (Å²) < 4.78 is 22.6. The second-order valence-corrected chi connectivity index (χ2v) is 8.87. The maximum absolute atomic E-state index is 11.3. The number of aliphatic imine (C=N–C) groups is 1. The van der Waals surface area contributed by atoms with E-state index in [9.17, 15) is 8.42 Å². The Kier molecular flexibility index (Phi) is 10.1. The van der Waals surface area contributed by atoms with Crippen molar-refractivity contribution in [2.45, 2.75) is 37.5 Å². The number of halogens is 1. The van der Waals surface area contributed by atoms with E-state index in [4.69, 9.17) is 10.1 Å². The quantitative estimate of drug-likeness (QED) is 0.278. The Bertz CT molecular complexity index is 883. The second-order valence-electron chi connectivity index (χ2n) is 7.31. The van der Waals surface area contributed by atoms with Crippen molar-refractivity contribution in [2.24, 2.45) is 10.1 Å². The average molecular weight is 530 g/mol. The Morgan fingerprint density at radius 2 is 1.66 bits per heavy atom. The van der Waals surface area contributed by atoms with Crippen LogP contribution in [-0.4, -0.2) is 34.0 Å². The smallest absolute Gasteiger partial charge is 0.238 e. The van der Waals surface area contributed by atoms with Crippen LogP contribution < -0.4 is 15.8 Å². The van der Waals surface area contributed by atoms with Crippen LogP contribution >= 0.6 is 24.0 Å². The van der Waals surface area contributed by atoms with Gasteiger partial charge in [0.25, 0.3) is 0 Å². The van der Waals surface area contributed by atoms with Crippen LogP contribution in [0.2, 0.25) is 0 Å². The maximum Gasteiger partial charge on any atom is 0.238 e. The van der Waals surface area contributed by atoms with Crippen LogP contribution in [0.15, 0.2) is 64.5 Å². The molecule has 0 atom stereocenters. The molecule has 0 aromatic heterocycles. The molecule has 0 saturated carbocycles. The summed E-state index contributed by atoms with van der Waals surface area (Å²) in [5.74, 6) is 0.771. The number of nitrogens with two attached hydrogens (primary N) is 1. The first-order chi connectivity index (χ1) is 13.2. The molecule has 0 aliphatic rings. The number of guanidine groups is 1. The van der Waals surface area contributed by atoms with Gasteiger partial charge in [-0.3, -0.25) is 4.99 Å². The Labute approximate surface area is 191 Å². The first kappa shape index (κ1) is 25.4. The molecule has 0 radical (unpaired) electrons. The molecule has 0 aliphatic carbocycles. The monoisotopic (exact) mass is 530 g/mol. The van der Waals surface area contributed by atoms with E-state index in [1.165, 1.54) is 17.7 Å². The van der Waals surface area contributed by atoms with Crippen molar-refractivity contribution in [1.82, 2.24) is 10.6 Å². The third-order valence-electron chi connectivity index (χ3n) is 4.49. The molecule has 0 heterocycles. The first-order valence-corrected chi connectivity index (χ1v) is 11.0. The standard InChI is InChI=1S/C21H30N4O2S.HI/c1-4-23-20(25-16-21(2,3)18-8-6-5-7-9-18)24-15-14-17-10-12-19(13-11-17)28(22,26)27;/h5-13H,4,14-16H2,1-3H3,(H2,22,26,27)(H2,23,24,25);1H. The van der Waals surface area contributed by atoms with Gasteiger partial charge in [0.15, 0.2) is 5.96 Å². The summed E-state index contributed by atoms with van der Waals surface area (Å²) in [5.41, 5.74) is 2.22. The summed E-state index contributed by atoms with van der Waals surface area (Å²) in [6, 6.07) is 17.0. The fourth-order valence-electron chi connectivity index (χ4n) is 2.77. The molecule has 0 amide bonds. The van der Waals surface area contributed by atoms with E-state index >= 15 is 0 Å². The minimum absolute atomic E-state index is 0. The molecule has 2 rings (SSSR count). The van der Waals surface area contributed by atoms with Crippen LogP contribution in [0.1, 0.15) is 31.9 Å². The summed E-state index contributed by atoms with van der Waals surface area (Å²) in [5, 5.41) is 11.7. The number of primary sulfonamides is 1. The highest BCUT2D eigenvalue weighted by atomic mass is 127. The van der Waals surface area contributed by atoms with Gasteiger partial charge < -0.3 is 10.6 Å². The lowest BCUT2D eigenvalue weighted by atomic mass is 9.85. The molecule has 0 fully saturated rings. The lowest BCUT2D eigenvalue weighted by molar-refractivity contribution is 0.537. The molecule has 29 heavy (non-hydrogen) atoms. The van der Waals surface area contributed by atoms with Gasteiger partial charge in [-0.25, -0.2) is 13.6 Å². The minimum atomic E-state index is -3.65. The third kappa shape index (κ3) is 8.31. The summed E-state index contributed by atoms with van der Waals surface area (Å²) in [6.45, 7) is 8.53. The van der Waals surface area contributed by atoms with Crippen LogP contribution in [0.5, 0.6) is 0 Å². The third-order valence-corrected chi connectivity index (χ3v) is 5.42. The molecule has 0 spiro atoms. The zero-order valence-electron chi connectivity index (χ0n) is 17.2. The van der Waals surface area contributed by atoms with Crippen LogP contribution in [0.4, 0.5) is 0 Å². The lowest BCUT2D eigenvalue weighted by Gasteiger charge is -2.24. The topological polar surface area (TPSA) is 96.6 Å². The minimum Gasteiger partial charge on any atom is -0.357 e. The summed E-state index contributed by atoms with van der Waals surface area (Å²) in [4.78, 5) is 4.86. The van der Waals surface area contributed by atoms with E-state index in [1.807, 2.05) is 25.1 Å². The zero-order chi connectivity index (χ0) is 20.6. The Morgan fingerprint density at radius 3 is 2.21 bits per heavy atom.